The van der Waals surface area contributed by atoms with E-state index in [1.54, 1.807) is 12.1 Å². The van der Waals surface area contributed by atoms with Gasteiger partial charge in [0.05, 0.1) is 13.7 Å². The van der Waals surface area contributed by atoms with E-state index in [9.17, 15) is 8.42 Å². The number of nitrogens with one attached hydrogen (secondary N) is 1. The first-order valence-corrected chi connectivity index (χ1v) is 8.26. The maximum Gasteiger partial charge on any atom is 0.244 e. The minimum Gasteiger partial charge on any atom is -0.495 e. The van der Waals surface area contributed by atoms with Gasteiger partial charge in [0.15, 0.2) is 0 Å². The average Bonchev–Trinajstić information content (AvgIpc) is 2.35. The fourth-order valence-corrected chi connectivity index (χ4v) is 3.91. The Labute approximate surface area is 120 Å². The van der Waals surface area contributed by atoms with Gasteiger partial charge in [-0.1, -0.05) is 12.5 Å². The third-order valence-electron chi connectivity index (χ3n) is 3.90. The van der Waals surface area contributed by atoms with Crippen molar-refractivity contribution < 1.29 is 18.3 Å². The minimum absolute atomic E-state index is 0.0812. The summed E-state index contributed by atoms with van der Waals surface area (Å²) in [6.07, 6.45) is 3.30. The number of hydrogen-bond acceptors (Lipinski definition) is 4. The van der Waals surface area contributed by atoms with Gasteiger partial charge in [0, 0.05) is 6.04 Å². The summed E-state index contributed by atoms with van der Waals surface area (Å²) in [7, 11) is -2.21. The van der Waals surface area contributed by atoms with Gasteiger partial charge in [-0.25, -0.2) is 13.1 Å². The Morgan fingerprint density at radius 3 is 2.65 bits per heavy atom. The van der Waals surface area contributed by atoms with Crippen LogP contribution in [0.25, 0.3) is 0 Å². The van der Waals surface area contributed by atoms with Crippen LogP contribution in [-0.2, 0) is 16.6 Å². The maximum absolute atomic E-state index is 12.5. The number of aliphatic hydroxyl groups is 1. The maximum atomic E-state index is 12.5. The summed E-state index contributed by atoms with van der Waals surface area (Å²) in [4.78, 5) is 0.0812. The van der Waals surface area contributed by atoms with Gasteiger partial charge >= 0.3 is 0 Å². The molecule has 1 fully saturated rings. The molecule has 5 nitrogen and oxygen atoms in total. The standard InChI is InChI=1S/C14H21NO4S/c1-10(12-4-3-5-12)15-20(17,18)14-8-11(9-16)6-7-13(14)19-2/h6-8,10,12,15-16H,3-5,9H2,1-2H3. The summed E-state index contributed by atoms with van der Waals surface area (Å²) in [5.41, 5.74) is 0.544. The fourth-order valence-electron chi connectivity index (χ4n) is 2.37. The lowest BCUT2D eigenvalue weighted by Gasteiger charge is -2.31. The van der Waals surface area contributed by atoms with Crippen LogP contribution in [0.1, 0.15) is 31.7 Å². The quantitative estimate of drug-likeness (QED) is 0.837. The van der Waals surface area contributed by atoms with E-state index in [-0.39, 0.29) is 23.3 Å². The third kappa shape index (κ3) is 3.13. The number of methoxy groups -OCH3 is 1. The molecule has 1 aliphatic rings. The number of sulfonamides is 1. The zero-order valence-corrected chi connectivity index (χ0v) is 12.6. The van der Waals surface area contributed by atoms with Crippen molar-refractivity contribution in [3.63, 3.8) is 0 Å². The molecule has 0 aromatic heterocycles. The van der Waals surface area contributed by atoms with Crippen LogP contribution in [0.2, 0.25) is 0 Å². The molecule has 1 unspecified atom stereocenters. The number of rotatable bonds is 6. The fraction of sp³-hybridized carbons (Fsp3) is 0.571. The molecule has 20 heavy (non-hydrogen) atoms. The second-order valence-corrected chi connectivity index (χ2v) is 6.93. The van der Waals surface area contributed by atoms with Gasteiger partial charge in [-0.05, 0) is 43.4 Å². The topological polar surface area (TPSA) is 75.6 Å². The van der Waals surface area contributed by atoms with Gasteiger partial charge in [-0.3, -0.25) is 0 Å². The molecule has 2 rings (SSSR count). The highest BCUT2D eigenvalue weighted by Gasteiger charge is 2.29. The molecule has 0 amide bonds. The van der Waals surface area contributed by atoms with Crippen LogP contribution in [0, 0.1) is 5.92 Å². The number of hydrogen-bond donors (Lipinski definition) is 2. The predicted octanol–water partition coefficient (Wildman–Crippen LogP) is 1.65. The normalized spacial score (nSPS) is 17.6. The Morgan fingerprint density at radius 1 is 1.45 bits per heavy atom. The molecule has 0 spiro atoms. The molecule has 0 radical (unpaired) electrons. The van der Waals surface area contributed by atoms with E-state index >= 15 is 0 Å². The number of aliphatic hydroxyl groups excluding tert-OH is 1. The summed E-state index contributed by atoms with van der Waals surface area (Å²) in [6, 6.07) is 4.58. The summed E-state index contributed by atoms with van der Waals surface area (Å²) in [5, 5.41) is 9.15. The lowest BCUT2D eigenvalue weighted by Crippen LogP contribution is -2.40. The molecule has 1 atom stereocenters. The van der Waals surface area contributed by atoms with Gasteiger partial charge in [0.25, 0.3) is 0 Å². The Kier molecular flexibility index (Phi) is 4.67. The van der Waals surface area contributed by atoms with Crippen LogP contribution in [0.4, 0.5) is 0 Å². The van der Waals surface area contributed by atoms with Crippen molar-refractivity contribution in [2.75, 3.05) is 7.11 Å². The van der Waals surface area contributed by atoms with Crippen molar-refractivity contribution in [3.8, 4) is 5.75 Å². The zero-order chi connectivity index (χ0) is 14.8. The first kappa shape index (κ1) is 15.3. The van der Waals surface area contributed by atoms with E-state index in [4.69, 9.17) is 9.84 Å². The predicted molar refractivity (Wildman–Crippen MR) is 76.0 cm³/mol. The molecule has 112 valence electrons. The molecule has 0 saturated heterocycles. The number of benzene rings is 1. The van der Waals surface area contributed by atoms with E-state index in [0.717, 1.165) is 12.8 Å². The highest BCUT2D eigenvalue weighted by molar-refractivity contribution is 7.89. The zero-order valence-electron chi connectivity index (χ0n) is 11.8. The van der Waals surface area contributed by atoms with Crippen molar-refractivity contribution in [3.05, 3.63) is 23.8 Å². The summed E-state index contributed by atoms with van der Waals surface area (Å²) < 4.78 is 32.7. The Balaban J connectivity index is 2.27. The first-order chi connectivity index (χ1) is 9.47. The molecule has 1 aliphatic carbocycles. The lowest BCUT2D eigenvalue weighted by atomic mass is 9.81. The minimum atomic E-state index is -3.64. The molecule has 0 bridgehead atoms. The van der Waals surface area contributed by atoms with Crippen LogP contribution < -0.4 is 9.46 Å². The van der Waals surface area contributed by atoms with E-state index in [0.29, 0.717) is 11.5 Å². The van der Waals surface area contributed by atoms with Crippen molar-refractivity contribution in [2.45, 2.75) is 43.7 Å². The van der Waals surface area contributed by atoms with Crippen LogP contribution in [0.5, 0.6) is 5.75 Å². The molecular weight excluding hydrogens is 278 g/mol. The SMILES string of the molecule is COc1ccc(CO)cc1S(=O)(=O)NC(C)C1CCC1. The smallest absolute Gasteiger partial charge is 0.244 e. The molecule has 0 heterocycles. The van der Waals surface area contributed by atoms with Crippen molar-refractivity contribution in [1.29, 1.82) is 0 Å². The molecule has 1 saturated carbocycles. The van der Waals surface area contributed by atoms with Gasteiger partial charge < -0.3 is 9.84 Å². The van der Waals surface area contributed by atoms with Gasteiger partial charge in [-0.2, -0.15) is 0 Å². The van der Waals surface area contributed by atoms with Gasteiger partial charge in [-0.15, -0.1) is 0 Å². The van der Waals surface area contributed by atoms with Crippen LogP contribution >= 0.6 is 0 Å². The average molecular weight is 299 g/mol. The largest absolute Gasteiger partial charge is 0.495 e. The van der Waals surface area contributed by atoms with Crippen LogP contribution in [0.15, 0.2) is 23.1 Å². The van der Waals surface area contributed by atoms with E-state index in [1.165, 1.54) is 19.6 Å². The summed E-state index contributed by atoms with van der Waals surface area (Å²) >= 11 is 0. The summed E-state index contributed by atoms with van der Waals surface area (Å²) in [6.45, 7) is 1.69. The second-order valence-electron chi connectivity index (χ2n) is 5.24. The number of ether oxygens (including phenoxy) is 1. The first-order valence-electron chi connectivity index (χ1n) is 6.78. The van der Waals surface area contributed by atoms with Gasteiger partial charge in [0.1, 0.15) is 10.6 Å². The molecule has 0 aliphatic heterocycles. The monoisotopic (exact) mass is 299 g/mol. The summed E-state index contributed by atoms with van der Waals surface area (Å²) in [5.74, 6) is 0.701. The van der Waals surface area contributed by atoms with E-state index in [2.05, 4.69) is 4.72 Å². The highest BCUT2D eigenvalue weighted by Crippen LogP contribution is 2.31. The molecule has 1 aromatic carbocycles. The van der Waals surface area contributed by atoms with Gasteiger partial charge in [0.2, 0.25) is 10.0 Å². The van der Waals surface area contributed by atoms with Crippen LogP contribution in [0.3, 0.4) is 0 Å². The van der Waals surface area contributed by atoms with Crippen molar-refractivity contribution in [2.24, 2.45) is 5.92 Å². The van der Waals surface area contributed by atoms with E-state index in [1.807, 2.05) is 6.92 Å². The Bertz CT molecular complexity index is 567. The van der Waals surface area contributed by atoms with Crippen LogP contribution in [-0.4, -0.2) is 26.7 Å². The lowest BCUT2D eigenvalue weighted by molar-refractivity contribution is 0.260. The molecule has 1 aromatic rings. The second kappa shape index (κ2) is 6.11. The third-order valence-corrected chi connectivity index (χ3v) is 5.48. The highest BCUT2D eigenvalue weighted by atomic mass is 32.2. The molecule has 6 heteroatoms. The molecule has 2 N–H and O–H groups in total. The molecular formula is C14H21NO4S. The van der Waals surface area contributed by atoms with E-state index < -0.39 is 10.0 Å². The van der Waals surface area contributed by atoms with Crippen molar-refractivity contribution >= 4 is 10.0 Å². The Morgan fingerprint density at radius 2 is 2.15 bits per heavy atom. The van der Waals surface area contributed by atoms with Crippen molar-refractivity contribution in [1.82, 2.24) is 4.72 Å². The Hall–Kier alpha value is -1.11.